The van der Waals surface area contributed by atoms with Crippen molar-refractivity contribution in [2.24, 2.45) is 0 Å². The Bertz CT molecular complexity index is 972. The van der Waals surface area contributed by atoms with Crippen LogP contribution < -0.4 is 5.32 Å². The minimum absolute atomic E-state index is 0.178. The third-order valence-corrected chi connectivity index (χ3v) is 4.20. The van der Waals surface area contributed by atoms with Gasteiger partial charge >= 0.3 is 6.18 Å². The van der Waals surface area contributed by atoms with Crippen LogP contribution in [0.3, 0.4) is 0 Å². The van der Waals surface area contributed by atoms with E-state index in [-0.39, 0.29) is 11.0 Å². The second-order valence-electron chi connectivity index (χ2n) is 5.99. The number of anilines is 1. The van der Waals surface area contributed by atoms with E-state index in [1.165, 1.54) is 12.1 Å². The van der Waals surface area contributed by atoms with Crippen molar-refractivity contribution in [2.75, 3.05) is 5.32 Å². The summed E-state index contributed by atoms with van der Waals surface area (Å²) in [6, 6.07) is 9.66. The number of aryl methyl sites for hydroxylation is 2. The number of hydrogen-bond acceptors (Lipinski definition) is 2. The predicted molar refractivity (Wildman–Crippen MR) is 94.3 cm³/mol. The van der Waals surface area contributed by atoms with E-state index in [2.05, 4.69) is 10.3 Å². The molecule has 0 aliphatic heterocycles. The van der Waals surface area contributed by atoms with E-state index in [1.807, 2.05) is 13.0 Å². The summed E-state index contributed by atoms with van der Waals surface area (Å²) in [5.74, 6) is -1.73. The van der Waals surface area contributed by atoms with Crippen molar-refractivity contribution in [1.82, 2.24) is 9.55 Å². The van der Waals surface area contributed by atoms with Crippen LogP contribution in [0.1, 0.15) is 17.0 Å². The summed E-state index contributed by atoms with van der Waals surface area (Å²) in [7, 11) is 0. The minimum Gasteiger partial charge on any atom is -0.323 e. The summed E-state index contributed by atoms with van der Waals surface area (Å²) in [6.07, 6.45) is -4.67. The van der Waals surface area contributed by atoms with Crippen LogP contribution in [0.15, 0.2) is 36.4 Å². The molecule has 0 saturated carbocycles. The van der Waals surface area contributed by atoms with Gasteiger partial charge in [-0.1, -0.05) is 29.8 Å². The fourth-order valence-electron chi connectivity index (χ4n) is 2.85. The molecule has 1 amide bonds. The molecule has 4 nitrogen and oxygen atoms in total. The Balaban J connectivity index is 1.95. The Kier molecular flexibility index (Phi) is 4.66. The summed E-state index contributed by atoms with van der Waals surface area (Å²) < 4.78 is 40.8. The molecular formula is C18H15ClF3N3O. The fraction of sp³-hybridized carbons (Fsp3) is 0.222. The van der Waals surface area contributed by atoms with Crippen LogP contribution in [-0.4, -0.2) is 15.5 Å². The summed E-state index contributed by atoms with van der Waals surface area (Å²) in [4.78, 5) is 16.0. The van der Waals surface area contributed by atoms with Crippen LogP contribution in [0, 0.1) is 13.8 Å². The first-order chi connectivity index (χ1) is 12.2. The van der Waals surface area contributed by atoms with E-state index in [4.69, 9.17) is 11.6 Å². The van der Waals surface area contributed by atoms with Crippen LogP contribution >= 0.6 is 11.6 Å². The molecule has 1 N–H and O–H groups in total. The first-order valence-electron chi connectivity index (χ1n) is 7.76. The summed E-state index contributed by atoms with van der Waals surface area (Å²) in [5, 5.41) is 2.94. The van der Waals surface area contributed by atoms with Gasteiger partial charge in [0.05, 0.1) is 21.7 Å². The normalized spacial score (nSPS) is 11.8. The number of para-hydroxylation sites is 2. The molecular weight excluding hydrogens is 367 g/mol. The number of halogens is 4. The third-order valence-electron chi connectivity index (χ3n) is 3.91. The van der Waals surface area contributed by atoms with E-state index in [9.17, 15) is 18.0 Å². The van der Waals surface area contributed by atoms with E-state index in [0.29, 0.717) is 10.7 Å². The molecule has 8 heteroatoms. The van der Waals surface area contributed by atoms with Crippen LogP contribution in [0.25, 0.3) is 11.0 Å². The molecule has 2 aromatic carbocycles. The van der Waals surface area contributed by atoms with E-state index in [1.54, 1.807) is 25.1 Å². The van der Waals surface area contributed by atoms with Gasteiger partial charge in [-0.05, 0) is 43.2 Å². The van der Waals surface area contributed by atoms with Crippen molar-refractivity contribution in [3.63, 3.8) is 0 Å². The van der Waals surface area contributed by atoms with Crippen molar-refractivity contribution in [2.45, 2.75) is 26.6 Å². The SMILES string of the molecule is Cc1cc(C)c(NC(=O)Cn2c(C(F)(F)F)nc3ccccc32)c(Cl)c1. The molecule has 0 bridgehead atoms. The van der Waals surface area contributed by atoms with Gasteiger partial charge in [0.1, 0.15) is 6.54 Å². The zero-order valence-corrected chi connectivity index (χ0v) is 14.7. The number of rotatable bonds is 3. The molecule has 3 rings (SSSR count). The molecule has 0 radical (unpaired) electrons. The van der Waals surface area contributed by atoms with E-state index < -0.39 is 24.5 Å². The highest BCUT2D eigenvalue weighted by Gasteiger charge is 2.38. The van der Waals surface area contributed by atoms with Gasteiger partial charge < -0.3 is 9.88 Å². The smallest absolute Gasteiger partial charge is 0.323 e. The maximum absolute atomic E-state index is 13.3. The Morgan fingerprint density at radius 2 is 1.92 bits per heavy atom. The summed E-state index contributed by atoms with van der Waals surface area (Å²) >= 11 is 6.15. The maximum Gasteiger partial charge on any atom is 0.449 e. The molecule has 0 spiro atoms. The molecule has 0 atom stereocenters. The number of carbonyl (C=O) groups excluding carboxylic acids is 1. The molecule has 26 heavy (non-hydrogen) atoms. The summed E-state index contributed by atoms with van der Waals surface area (Å²) in [5.41, 5.74) is 2.46. The molecule has 0 aliphatic rings. The summed E-state index contributed by atoms with van der Waals surface area (Å²) in [6.45, 7) is 3.10. The van der Waals surface area contributed by atoms with E-state index >= 15 is 0 Å². The zero-order valence-electron chi connectivity index (χ0n) is 14.0. The Hall–Kier alpha value is -2.54. The Morgan fingerprint density at radius 1 is 1.23 bits per heavy atom. The minimum atomic E-state index is -4.67. The van der Waals surface area contributed by atoms with Crippen LogP contribution in [0.5, 0.6) is 0 Å². The van der Waals surface area contributed by atoms with Crippen LogP contribution in [0.4, 0.5) is 18.9 Å². The number of nitrogens with one attached hydrogen (secondary N) is 1. The van der Waals surface area contributed by atoms with Crippen LogP contribution in [-0.2, 0) is 17.5 Å². The number of alkyl halides is 3. The quantitative estimate of drug-likeness (QED) is 0.696. The largest absolute Gasteiger partial charge is 0.449 e. The molecule has 1 heterocycles. The number of amides is 1. The molecule has 0 unspecified atom stereocenters. The standard InChI is InChI=1S/C18H15ClF3N3O/c1-10-7-11(2)16(12(19)8-10)24-15(26)9-25-14-6-4-3-5-13(14)23-17(25)18(20,21)22/h3-8H,9H2,1-2H3,(H,24,26). The maximum atomic E-state index is 13.3. The highest BCUT2D eigenvalue weighted by atomic mass is 35.5. The van der Waals surface area contributed by atoms with Gasteiger partial charge in [0, 0.05) is 0 Å². The van der Waals surface area contributed by atoms with Crippen LogP contribution in [0.2, 0.25) is 5.02 Å². The van der Waals surface area contributed by atoms with Crippen molar-refractivity contribution in [1.29, 1.82) is 0 Å². The topological polar surface area (TPSA) is 46.9 Å². The lowest BCUT2D eigenvalue weighted by atomic mass is 10.1. The molecule has 136 valence electrons. The number of carbonyl (C=O) groups is 1. The molecule has 0 aliphatic carbocycles. The predicted octanol–water partition coefficient (Wildman–Crippen LogP) is 4.96. The number of aromatic nitrogens is 2. The number of fused-ring (bicyclic) bond motifs is 1. The van der Waals surface area contributed by atoms with Gasteiger partial charge in [-0.15, -0.1) is 0 Å². The fourth-order valence-corrected chi connectivity index (χ4v) is 3.22. The molecule has 0 saturated heterocycles. The van der Waals surface area contributed by atoms with Gasteiger partial charge in [-0.3, -0.25) is 4.79 Å². The average molecular weight is 382 g/mol. The number of imidazole rings is 1. The van der Waals surface area contributed by atoms with Gasteiger partial charge in [-0.25, -0.2) is 4.98 Å². The van der Waals surface area contributed by atoms with Gasteiger partial charge in [0.15, 0.2) is 0 Å². The van der Waals surface area contributed by atoms with Crippen molar-refractivity contribution < 1.29 is 18.0 Å². The lowest BCUT2D eigenvalue weighted by Gasteiger charge is -2.14. The Morgan fingerprint density at radius 3 is 2.58 bits per heavy atom. The van der Waals surface area contributed by atoms with Crippen molar-refractivity contribution >= 4 is 34.2 Å². The number of nitrogens with zero attached hydrogens (tertiary/aromatic N) is 2. The van der Waals surface area contributed by atoms with Gasteiger partial charge in [-0.2, -0.15) is 13.2 Å². The molecule has 0 fully saturated rings. The lowest BCUT2D eigenvalue weighted by molar-refractivity contribution is -0.147. The lowest BCUT2D eigenvalue weighted by Crippen LogP contribution is -2.23. The van der Waals surface area contributed by atoms with E-state index in [0.717, 1.165) is 15.7 Å². The number of benzene rings is 2. The van der Waals surface area contributed by atoms with Crippen molar-refractivity contribution in [3.8, 4) is 0 Å². The highest BCUT2D eigenvalue weighted by molar-refractivity contribution is 6.34. The molecule has 3 aromatic rings. The molecule has 1 aromatic heterocycles. The third kappa shape index (κ3) is 3.53. The second kappa shape index (κ2) is 6.64. The monoisotopic (exact) mass is 381 g/mol. The second-order valence-corrected chi connectivity index (χ2v) is 6.40. The van der Waals surface area contributed by atoms with Gasteiger partial charge in [0.2, 0.25) is 11.7 Å². The first kappa shape index (κ1) is 18.3. The number of hydrogen-bond donors (Lipinski definition) is 1. The Labute approximate surface area is 152 Å². The highest BCUT2D eigenvalue weighted by Crippen LogP contribution is 2.32. The zero-order chi connectivity index (χ0) is 19.1. The van der Waals surface area contributed by atoms with Crippen molar-refractivity contribution in [3.05, 3.63) is 58.4 Å². The average Bonchev–Trinajstić information content (AvgIpc) is 2.90. The first-order valence-corrected chi connectivity index (χ1v) is 8.13. The van der Waals surface area contributed by atoms with Gasteiger partial charge in [0.25, 0.3) is 0 Å².